The average molecular weight is 365 g/mol. The summed E-state index contributed by atoms with van der Waals surface area (Å²) in [5.74, 6) is -1.76. The Kier molecular flexibility index (Phi) is 4.08. The number of carbonyl (C=O) groups excluding carboxylic acids is 1. The molecule has 0 saturated heterocycles. The lowest BCUT2D eigenvalue weighted by molar-refractivity contribution is 0.0601. The van der Waals surface area contributed by atoms with Crippen LogP contribution in [0.2, 0.25) is 0 Å². The van der Waals surface area contributed by atoms with Crippen molar-refractivity contribution < 1.29 is 22.3 Å². The van der Waals surface area contributed by atoms with Crippen LogP contribution in [-0.2, 0) is 14.8 Å². The van der Waals surface area contributed by atoms with Crippen molar-refractivity contribution in [2.24, 2.45) is 0 Å². The molecule has 25 heavy (non-hydrogen) atoms. The van der Waals surface area contributed by atoms with Crippen molar-refractivity contribution in [2.75, 3.05) is 11.8 Å². The normalized spacial score (nSPS) is 11.5. The second-order valence-corrected chi connectivity index (χ2v) is 6.53. The number of nitrogens with zero attached hydrogens (tertiary/aromatic N) is 4. The summed E-state index contributed by atoms with van der Waals surface area (Å²) in [6, 6.07) is 5.12. The number of aryl methyl sites for hydroxylation is 1. The number of nitrogens with one attached hydrogen (secondary N) is 1. The van der Waals surface area contributed by atoms with Gasteiger partial charge < -0.3 is 4.74 Å². The van der Waals surface area contributed by atoms with E-state index in [2.05, 4.69) is 19.8 Å². The first-order valence-corrected chi connectivity index (χ1v) is 8.40. The number of halogens is 1. The maximum Gasteiger partial charge on any atom is 0.340 e. The van der Waals surface area contributed by atoms with E-state index in [-0.39, 0.29) is 11.3 Å². The first-order valence-electron chi connectivity index (χ1n) is 6.91. The van der Waals surface area contributed by atoms with Gasteiger partial charge in [0.1, 0.15) is 5.82 Å². The summed E-state index contributed by atoms with van der Waals surface area (Å²) in [7, 11) is -3.26. The molecule has 0 amide bonds. The van der Waals surface area contributed by atoms with Crippen molar-refractivity contribution in [1.82, 2.24) is 19.6 Å². The molecular formula is C14H12FN5O4S. The van der Waals surface area contributed by atoms with Crippen LogP contribution in [-0.4, -0.2) is 41.1 Å². The molecular weight excluding hydrogens is 353 g/mol. The van der Waals surface area contributed by atoms with Gasteiger partial charge in [-0.3, -0.25) is 4.72 Å². The number of benzene rings is 1. The summed E-state index contributed by atoms with van der Waals surface area (Å²) in [5, 5.41) is 3.26. The number of esters is 1. The van der Waals surface area contributed by atoms with E-state index in [1.165, 1.54) is 22.8 Å². The third kappa shape index (κ3) is 3.01. The highest BCUT2D eigenvalue weighted by atomic mass is 32.2. The molecule has 9 nitrogen and oxygen atoms in total. The van der Waals surface area contributed by atoms with Gasteiger partial charge in [0, 0.05) is 11.9 Å². The molecule has 0 atom stereocenters. The molecule has 1 N–H and O–H groups in total. The van der Waals surface area contributed by atoms with Gasteiger partial charge in [-0.1, -0.05) is 6.07 Å². The summed E-state index contributed by atoms with van der Waals surface area (Å²) >= 11 is 0. The molecule has 0 fully saturated rings. The van der Waals surface area contributed by atoms with Gasteiger partial charge in [-0.2, -0.15) is 13.4 Å². The molecule has 0 unspecified atom stereocenters. The number of methoxy groups -OCH3 is 1. The monoisotopic (exact) mass is 365 g/mol. The first kappa shape index (κ1) is 16.8. The molecule has 0 radical (unpaired) electrons. The number of hydrogen-bond acceptors (Lipinski definition) is 7. The molecule has 3 aromatic rings. The van der Waals surface area contributed by atoms with Crippen molar-refractivity contribution in [3.63, 3.8) is 0 Å². The number of aromatic nitrogens is 4. The standard InChI is InChI=1S/C14H12FN5O4S/c1-8-6-7-16-13-17-14(18-20(8)13)25(22,23)19-11-9(12(21)24-2)4-3-5-10(11)15/h3-7,19H,1-2H3. The predicted octanol–water partition coefficient (Wildman–Crippen LogP) is 1.16. The number of carbonyl (C=O) groups is 1. The second kappa shape index (κ2) is 6.09. The summed E-state index contributed by atoms with van der Waals surface area (Å²) < 4.78 is 46.8. The average Bonchev–Trinajstić information content (AvgIpc) is 3.02. The number of sulfonamides is 1. The van der Waals surface area contributed by atoms with Crippen LogP contribution in [0.15, 0.2) is 35.6 Å². The van der Waals surface area contributed by atoms with Gasteiger partial charge in [-0.15, -0.1) is 5.10 Å². The minimum absolute atomic E-state index is 0.0714. The molecule has 2 aromatic heterocycles. The fraction of sp³-hybridized carbons (Fsp3) is 0.143. The lowest BCUT2D eigenvalue weighted by atomic mass is 10.2. The third-order valence-electron chi connectivity index (χ3n) is 3.31. The number of rotatable bonds is 4. The summed E-state index contributed by atoms with van der Waals surface area (Å²) in [4.78, 5) is 19.5. The summed E-state index contributed by atoms with van der Waals surface area (Å²) in [6.45, 7) is 1.69. The summed E-state index contributed by atoms with van der Waals surface area (Å²) in [6.07, 6.45) is 1.45. The molecule has 2 heterocycles. The van der Waals surface area contributed by atoms with Crippen molar-refractivity contribution in [3.05, 3.63) is 47.5 Å². The van der Waals surface area contributed by atoms with Gasteiger partial charge in [0.25, 0.3) is 21.0 Å². The maximum atomic E-state index is 14.1. The Labute approximate surface area is 141 Å². The Hall–Kier alpha value is -3.08. The van der Waals surface area contributed by atoms with E-state index in [9.17, 15) is 17.6 Å². The van der Waals surface area contributed by atoms with Gasteiger partial charge in [0.2, 0.25) is 0 Å². The molecule has 0 aliphatic carbocycles. The minimum Gasteiger partial charge on any atom is -0.465 e. The highest BCUT2D eigenvalue weighted by molar-refractivity contribution is 7.92. The van der Waals surface area contributed by atoms with Crippen LogP contribution < -0.4 is 4.72 Å². The van der Waals surface area contributed by atoms with Gasteiger partial charge in [0.05, 0.1) is 18.4 Å². The Balaban J connectivity index is 2.07. The lowest BCUT2D eigenvalue weighted by Gasteiger charge is -2.10. The van der Waals surface area contributed by atoms with Crippen molar-refractivity contribution in [2.45, 2.75) is 12.1 Å². The van der Waals surface area contributed by atoms with Crippen LogP contribution in [0.1, 0.15) is 16.1 Å². The maximum absolute atomic E-state index is 14.1. The predicted molar refractivity (Wildman–Crippen MR) is 84.1 cm³/mol. The van der Waals surface area contributed by atoms with Gasteiger partial charge in [0.15, 0.2) is 0 Å². The van der Waals surface area contributed by atoms with E-state index >= 15 is 0 Å². The van der Waals surface area contributed by atoms with Crippen molar-refractivity contribution >= 4 is 27.5 Å². The van der Waals surface area contributed by atoms with Gasteiger partial charge >= 0.3 is 5.97 Å². The van der Waals surface area contributed by atoms with Crippen molar-refractivity contribution in [3.8, 4) is 0 Å². The topological polar surface area (TPSA) is 116 Å². The van der Waals surface area contributed by atoms with E-state index in [1.807, 2.05) is 4.72 Å². The Bertz CT molecular complexity index is 1080. The Morgan fingerprint density at radius 1 is 1.32 bits per heavy atom. The fourth-order valence-corrected chi connectivity index (χ4v) is 3.05. The van der Waals surface area contributed by atoms with Crippen LogP contribution in [0.25, 0.3) is 5.78 Å². The highest BCUT2D eigenvalue weighted by Crippen LogP contribution is 2.23. The number of fused-ring (bicyclic) bond motifs is 1. The largest absolute Gasteiger partial charge is 0.465 e. The third-order valence-corrected chi connectivity index (χ3v) is 4.43. The van der Waals surface area contributed by atoms with E-state index in [1.54, 1.807) is 13.0 Å². The molecule has 0 spiro atoms. The molecule has 0 bridgehead atoms. The number of ether oxygens (including phenoxy) is 1. The molecule has 11 heteroatoms. The van der Waals surface area contributed by atoms with Crippen LogP contribution in [0, 0.1) is 12.7 Å². The summed E-state index contributed by atoms with van der Waals surface area (Å²) in [5.41, 5.74) is -0.206. The smallest absolute Gasteiger partial charge is 0.340 e. The number of hydrogen-bond donors (Lipinski definition) is 1. The second-order valence-electron chi connectivity index (χ2n) is 4.95. The van der Waals surface area contributed by atoms with Gasteiger partial charge in [-0.25, -0.2) is 18.7 Å². The zero-order valence-corrected chi connectivity index (χ0v) is 13.9. The fourth-order valence-electron chi connectivity index (χ4n) is 2.09. The molecule has 3 rings (SSSR count). The highest BCUT2D eigenvalue weighted by Gasteiger charge is 2.26. The van der Waals surface area contributed by atoms with Crippen molar-refractivity contribution in [1.29, 1.82) is 0 Å². The molecule has 0 saturated carbocycles. The van der Waals surface area contributed by atoms with Crippen LogP contribution >= 0.6 is 0 Å². The molecule has 1 aromatic carbocycles. The Morgan fingerprint density at radius 3 is 2.76 bits per heavy atom. The zero-order chi connectivity index (χ0) is 18.2. The number of anilines is 1. The van der Waals surface area contributed by atoms with Crippen LogP contribution in [0.3, 0.4) is 0 Å². The van der Waals surface area contributed by atoms with E-state index < -0.39 is 32.7 Å². The number of para-hydroxylation sites is 1. The quantitative estimate of drug-likeness (QED) is 0.690. The molecule has 130 valence electrons. The first-order chi connectivity index (χ1) is 11.8. The van der Waals surface area contributed by atoms with E-state index in [0.717, 1.165) is 13.2 Å². The molecule has 0 aliphatic heterocycles. The molecule has 0 aliphatic rings. The minimum atomic E-state index is -4.36. The van der Waals surface area contributed by atoms with Gasteiger partial charge in [-0.05, 0) is 25.1 Å². The van der Waals surface area contributed by atoms with E-state index in [4.69, 9.17) is 0 Å². The Morgan fingerprint density at radius 2 is 2.08 bits per heavy atom. The lowest BCUT2D eigenvalue weighted by Crippen LogP contribution is -2.18. The van der Waals surface area contributed by atoms with Crippen LogP contribution in [0.5, 0.6) is 0 Å². The SMILES string of the molecule is COC(=O)c1cccc(F)c1NS(=O)(=O)c1nc2nccc(C)n2n1. The van der Waals surface area contributed by atoms with Crippen LogP contribution in [0.4, 0.5) is 10.1 Å². The van der Waals surface area contributed by atoms with E-state index in [0.29, 0.717) is 5.69 Å². The zero-order valence-electron chi connectivity index (χ0n) is 13.1.